The average molecular weight is 498 g/mol. The van der Waals surface area contributed by atoms with Crippen molar-refractivity contribution in [1.29, 1.82) is 0 Å². The van der Waals surface area contributed by atoms with Crippen LogP contribution in [-0.4, -0.2) is 73.5 Å². The zero-order chi connectivity index (χ0) is 25.0. The van der Waals surface area contributed by atoms with Crippen LogP contribution in [0.2, 0.25) is 0 Å². The Kier molecular flexibility index (Phi) is 5.35. The predicted molar refractivity (Wildman–Crippen MR) is 138 cm³/mol. The molecule has 2 aromatic carbocycles. The number of rotatable bonds is 4. The van der Waals surface area contributed by atoms with Crippen LogP contribution in [0.1, 0.15) is 44.7 Å². The van der Waals surface area contributed by atoms with Crippen LogP contribution < -0.4 is 10.1 Å². The summed E-state index contributed by atoms with van der Waals surface area (Å²) in [4.78, 5) is 34.6. The van der Waals surface area contributed by atoms with E-state index >= 15 is 0 Å². The molecule has 0 amide bonds. The number of ether oxygens (including phenoxy) is 3. The van der Waals surface area contributed by atoms with E-state index in [1.165, 1.54) is 0 Å². The first-order chi connectivity index (χ1) is 18.1. The number of hydrogen-bond acceptors (Lipinski definition) is 8. The zero-order valence-electron chi connectivity index (χ0n) is 20.4. The Hall–Kier alpha value is -3.59. The standard InChI is InChI=1S/C29H27N3O5/c33-27-18-5-1-2-6-19(18)28(34)25-24(27)21(17-23-26(25)31-20-7-3-4-8-22(20)37-23)30-11-14-32-12-9-29(10-13-32)35-15-16-36-29/h1-8,17,22,30H,9-16H2. The lowest BCUT2D eigenvalue weighted by molar-refractivity contribution is -0.184. The number of likely N-dealkylation sites (tertiary alicyclic amines) is 1. The van der Waals surface area contributed by atoms with Gasteiger partial charge >= 0.3 is 0 Å². The minimum absolute atomic E-state index is 0.174. The van der Waals surface area contributed by atoms with Crippen LogP contribution >= 0.6 is 0 Å². The van der Waals surface area contributed by atoms with Gasteiger partial charge in [0.05, 0.1) is 30.1 Å². The summed E-state index contributed by atoms with van der Waals surface area (Å²) < 4.78 is 17.9. The highest BCUT2D eigenvalue weighted by Gasteiger charge is 2.40. The largest absolute Gasteiger partial charge is 0.478 e. The van der Waals surface area contributed by atoms with Gasteiger partial charge in [-0.05, 0) is 12.2 Å². The molecule has 7 rings (SSSR count). The van der Waals surface area contributed by atoms with Crippen LogP contribution in [0.15, 0.2) is 59.6 Å². The van der Waals surface area contributed by atoms with Crippen molar-refractivity contribution >= 4 is 28.7 Å². The van der Waals surface area contributed by atoms with E-state index in [9.17, 15) is 9.59 Å². The lowest BCUT2D eigenvalue weighted by Crippen LogP contribution is -2.46. The monoisotopic (exact) mass is 497 g/mol. The van der Waals surface area contributed by atoms with Crippen molar-refractivity contribution in [2.75, 3.05) is 44.7 Å². The number of carbonyl (C=O) groups is 2. The number of anilines is 1. The summed E-state index contributed by atoms with van der Waals surface area (Å²) in [6.07, 6.45) is 9.00. The number of carbonyl (C=O) groups excluding carboxylic acids is 2. The maximum atomic E-state index is 13.7. The van der Waals surface area contributed by atoms with Crippen LogP contribution in [0.4, 0.5) is 11.4 Å². The van der Waals surface area contributed by atoms with Crippen LogP contribution in [0.25, 0.3) is 0 Å². The van der Waals surface area contributed by atoms with E-state index in [4.69, 9.17) is 19.2 Å². The molecular weight excluding hydrogens is 470 g/mol. The van der Waals surface area contributed by atoms with Gasteiger partial charge in [0.2, 0.25) is 0 Å². The van der Waals surface area contributed by atoms with E-state index in [1.807, 2.05) is 30.4 Å². The predicted octanol–water partition coefficient (Wildman–Crippen LogP) is 3.67. The first-order valence-corrected chi connectivity index (χ1v) is 12.9. The summed E-state index contributed by atoms with van der Waals surface area (Å²) in [5, 5.41) is 3.45. The second kappa shape index (κ2) is 8.76. The van der Waals surface area contributed by atoms with Gasteiger partial charge in [0.15, 0.2) is 23.5 Å². The Balaban J connectivity index is 1.20. The Morgan fingerprint density at radius 2 is 1.73 bits per heavy atom. The molecule has 8 nitrogen and oxygen atoms in total. The number of allylic oxidation sites excluding steroid dienone is 2. The van der Waals surface area contributed by atoms with E-state index < -0.39 is 5.79 Å². The fourth-order valence-corrected chi connectivity index (χ4v) is 5.82. The molecule has 5 aliphatic rings. The zero-order valence-corrected chi connectivity index (χ0v) is 20.4. The number of ketones is 2. The van der Waals surface area contributed by atoms with Crippen molar-refractivity contribution in [1.82, 2.24) is 4.90 Å². The molecule has 37 heavy (non-hydrogen) atoms. The molecule has 2 fully saturated rings. The molecule has 188 valence electrons. The molecule has 1 atom stereocenters. The lowest BCUT2D eigenvalue weighted by Gasteiger charge is -2.37. The second-order valence-electron chi connectivity index (χ2n) is 9.92. The minimum Gasteiger partial charge on any atom is -0.478 e. The summed E-state index contributed by atoms with van der Waals surface area (Å²) in [5.41, 5.74) is 3.25. The second-order valence-corrected chi connectivity index (χ2v) is 9.92. The number of nitrogens with one attached hydrogen (secondary N) is 1. The Bertz CT molecular complexity index is 1390. The maximum absolute atomic E-state index is 13.7. The molecule has 3 heterocycles. The third-order valence-electron chi connectivity index (χ3n) is 7.76. The molecule has 2 saturated heterocycles. The van der Waals surface area contributed by atoms with Gasteiger partial charge in [0.1, 0.15) is 11.4 Å². The Morgan fingerprint density at radius 1 is 1.00 bits per heavy atom. The molecule has 2 aliphatic carbocycles. The fraction of sp³-hybridized carbons (Fsp3) is 0.345. The first kappa shape index (κ1) is 22.6. The summed E-state index contributed by atoms with van der Waals surface area (Å²) in [6.45, 7) is 4.51. The molecule has 1 spiro atoms. The van der Waals surface area contributed by atoms with Crippen LogP contribution in [0.5, 0.6) is 5.75 Å². The first-order valence-electron chi connectivity index (χ1n) is 12.9. The van der Waals surface area contributed by atoms with Crippen molar-refractivity contribution in [2.24, 2.45) is 4.99 Å². The van der Waals surface area contributed by atoms with Gasteiger partial charge in [-0.25, -0.2) is 4.99 Å². The van der Waals surface area contributed by atoms with Gasteiger partial charge in [-0.15, -0.1) is 0 Å². The van der Waals surface area contributed by atoms with Crippen molar-refractivity contribution in [3.8, 4) is 5.75 Å². The number of piperidine rings is 1. The molecule has 8 heteroatoms. The van der Waals surface area contributed by atoms with Crippen molar-refractivity contribution in [3.63, 3.8) is 0 Å². The van der Waals surface area contributed by atoms with E-state index in [-0.39, 0.29) is 17.7 Å². The highest BCUT2D eigenvalue weighted by Crippen LogP contribution is 2.46. The summed E-state index contributed by atoms with van der Waals surface area (Å²) in [7, 11) is 0. The molecular formula is C29H27N3O5. The molecule has 1 N–H and O–H groups in total. The topological polar surface area (TPSA) is 89.5 Å². The maximum Gasteiger partial charge on any atom is 0.196 e. The van der Waals surface area contributed by atoms with Gasteiger partial charge in [0, 0.05) is 61.9 Å². The molecule has 2 aromatic rings. The third-order valence-corrected chi connectivity index (χ3v) is 7.76. The quantitative estimate of drug-likeness (QED) is 0.588. The molecule has 0 radical (unpaired) electrons. The number of hydrogen-bond donors (Lipinski definition) is 1. The van der Waals surface area contributed by atoms with Crippen molar-refractivity contribution in [2.45, 2.75) is 24.7 Å². The van der Waals surface area contributed by atoms with Crippen molar-refractivity contribution in [3.05, 3.63) is 76.9 Å². The molecule has 1 unspecified atom stereocenters. The van der Waals surface area contributed by atoms with E-state index in [0.29, 0.717) is 59.1 Å². The van der Waals surface area contributed by atoms with Crippen LogP contribution in [0, 0.1) is 0 Å². The smallest absolute Gasteiger partial charge is 0.196 e. The average Bonchev–Trinajstić information content (AvgIpc) is 3.39. The van der Waals surface area contributed by atoms with E-state index in [0.717, 1.165) is 38.2 Å². The van der Waals surface area contributed by atoms with Gasteiger partial charge in [0.25, 0.3) is 0 Å². The van der Waals surface area contributed by atoms with Gasteiger partial charge in [-0.1, -0.05) is 36.4 Å². The number of benzene rings is 2. The molecule has 0 aromatic heterocycles. The molecule has 0 bridgehead atoms. The number of nitrogens with zero attached hydrogens (tertiary/aromatic N) is 2. The Labute approximate surface area is 214 Å². The summed E-state index contributed by atoms with van der Waals surface area (Å²) in [5.74, 6) is -0.274. The van der Waals surface area contributed by atoms with Crippen molar-refractivity contribution < 1.29 is 23.8 Å². The van der Waals surface area contributed by atoms with Gasteiger partial charge in [-0.2, -0.15) is 0 Å². The fourth-order valence-electron chi connectivity index (χ4n) is 5.82. The molecule has 3 aliphatic heterocycles. The number of aliphatic imine (C=N–C) groups is 1. The van der Waals surface area contributed by atoms with Gasteiger partial charge < -0.3 is 24.4 Å². The van der Waals surface area contributed by atoms with Crippen LogP contribution in [-0.2, 0) is 9.47 Å². The SMILES string of the molecule is O=C1c2ccccc2C(=O)c2c3c(cc(NCCN4CCC5(CC4)OCCO5)c21)OC1C=CC=CC1=N3. The third kappa shape index (κ3) is 3.75. The van der Waals surface area contributed by atoms with Gasteiger partial charge in [-0.3, -0.25) is 9.59 Å². The highest BCUT2D eigenvalue weighted by atomic mass is 16.7. The normalized spacial score (nSPS) is 23.1. The number of fused-ring (bicyclic) bond motifs is 5. The summed E-state index contributed by atoms with van der Waals surface area (Å²) >= 11 is 0. The van der Waals surface area contributed by atoms with Crippen LogP contribution in [0.3, 0.4) is 0 Å². The highest BCUT2D eigenvalue weighted by molar-refractivity contribution is 6.32. The lowest BCUT2D eigenvalue weighted by atomic mass is 9.81. The molecule has 0 saturated carbocycles. The van der Waals surface area contributed by atoms with E-state index in [2.05, 4.69) is 10.2 Å². The Morgan fingerprint density at radius 3 is 2.49 bits per heavy atom. The minimum atomic E-state index is -0.402. The summed E-state index contributed by atoms with van der Waals surface area (Å²) in [6, 6.07) is 8.81. The van der Waals surface area contributed by atoms with E-state index in [1.54, 1.807) is 24.3 Å².